The van der Waals surface area contributed by atoms with Crippen molar-refractivity contribution in [3.8, 4) is 0 Å². The number of imide groups is 1. The summed E-state index contributed by atoms with van der Waals surface area (Å²) < 4.78 is 2.95. The molecule has 4 aromatic rings. The van der Waals surface area contributed by atoms with Crippen LogP contribution >= 0.6 is 0 Å². The SMILES string of the molecule is CCCCn1c(=O)[nH]c(=O)c2c1nc(CN1C(=O)NC(c3ccccc3)(c3ccccc3)C1=O)n2C. The monoisotopic (exact) mass is 486 g/mol. The molecule has 0 bridgehead atoms. The highest BCUT2D eigenvalue weighted by molar-refractivity contribution is 6.09. The standard InChI is InChI=1S/C26H26N6O4/c1-3-4-15-31-21-20(22(33)28-24(31)35)30(2)19(27-21)16-32-23(34)26(29-25(32)36,17-11-7-5-8-12-17)18-13-9-6-10-14-18/h5-14H,3-4,15-16H2,1-2H3,(H,29,36)(H,28,33,35). The number of carbonyl (C=O) groups excluding carboxylic acids is 2. The molecule has 10 heteroatoms. The van der Waals surface area contributed by atoms with Crippen LogP contribution in [0.1, 0.15) is 36.7 Å². The van der Waals surface area contributed by atoms with Crippen LogP contribution in [0.15, 0.2) is 70.3 Å². The number of hydrogen-bond acceptors (Lipinski definition) is 5. The Labute approximate surface area is 206 Å². The number of benzene rings is 2. The quantitative estimate of drug-likeness (QED) is 0.388. The molecule has 184 valence electrons. The number of amides is 3. The van der Waals surface area contributed by atoms with Crippen LogP contribution in [-0.4, -0.2) is 35.9 Å². The Balaban J connectivity index is 1.60. The van der Waals surface area contributed by atoms with Gasteiger partial charge in [-0.3, -0.25) is 24.0 Å². The molecule has 0 unspecified atom stereocenters. The van der Waals surface area contributed by atoms with Crippen molar-refractivity contribution >= 4 is 23.1 Å². The molecule has 36 heavy (non-hydrogen) atoms. The molecule has 1 fully saturated rings. The number of H-pyrrole nitrogens is 1. The van der Waals surface area contributed by atoms with Gasteiger partial charge >= 0.3 is 11.7 Å². The molecule has 1 aliphatic heterocycles. The van der Waals surface area contributed by atoms with Gasteiger partial charge in [-0.2, -0.15) is 0 Å². The third-order valence-corrected chi connectivity index (χ3v) is 6.66. The Kier molecular flexibility index (Phi) is 5.79. The van der Waals surface area contributed by atoms with Gasteiger partial charge in [-0.25, -0.2) is 14.6 Å². The highest BCUT2D eigenvalue weighted by Crippen LogP contribution is 2.36. The number of rotatable bonds is 7. The number of nitrogens with zero attached hydrogens (tertiary/aromatic N) is 4. The first-order chi connectivity index (χ1) is 17.4. The van der Waals surface area contributed by atoms with E-state index in [1.54, 1.807) is 31.3 Å². The fraction of sp³-hybridized carbons (Fsp3) is 0.269. The molecule has 0 atom stereocenters. The van der Waals surface area contributed by atoms with E-state index in [0.29, 0.717) is 23.5 Å². The van der Waals surface area contributed by atoms with E-state index in [9.17, 15) is 19.2 Å². The molecule has 0 radical (unpaired) electrons. The molecule has 1 aliphatic rings. The number of urea groups is 1. The number of aromatic nitrogens is 4. The fourth-order valence-corrected chi connectivity index (χ4v) is 4.75. The second kappa shape index (κ2) is 8.95. The Bertz CT molecular complexity index is 1530. The lowest BCUT2D eigenvalue weighted by Gasteiger charge is -2.28. The summed E-state index contributed by atoms with van der Waals surface area (Å²) in [5.41, 5.74) is -0.787. The summed E-state index contributed by atoms with van der Waals surface area (Å²) in [4.78, 5) is 60.3. The summed E-state index contributed by atoms with van der Waals surface area (Å²) in [5.74, 6) is -0.138. The van der Waals surface area contributed by atoms with E-state index >= 15 is 0 Å². The van der Waals surface area contributed by atoms with E-state index in [-0.39, 0.29) is 17.7 Å². The highest BCUT2D eigenvalue weighted by Gasteiger charge is 2.53. The number of aryl methyl sites for hydroxylation is 2. The van der Waals surface area contributed by atoms with Crippen molar-refractivity contribution in [2.75, 3.05) is 0 Å². The molecule has 10 nitrogen and oxygen atoms in total. The van der Waals surface area contributed by atoms with Gasteiger partial charge in [0.05, 0.1) is 6.54 Å². The molecular formula is C26H26N6O4. The molecule has 0 spiro atoms. The maximum absolute atomic E-state index is 14.0. The number of aromatic amines is 1. The normalized spacial score (nSPS) is 15.0. The van der Waals surface area contributed by atoms with Gasteiger partial charge in [0.15, 0.2) is 16.7 Å². The first kappa shape index (κ1) is 23.3. The van der Waals surface area contributed by atoms with Crippen LogP contribution in [0.25, 0.3) is 11.2 Å². The predicted octanol–water partition coefficient (Wildman–Crippen LogP) is 2.22. The second-order valence-corrected chi connectivity index (χ2v) is 8.83. The van der Waals surface area contributed by atoms with Crippen molar-refractivity contribution in [3.05, 3.63) is 98.5 Å². The first-order valence-corrected chi connectivity index (χ1v) is 11.8. The molecule has 0 aliphatic carbocycles. The van der Waals surface area contributed by atoms with Crippen molar-refractivity contribution in [2.24, 2.45) is 7.05 Å². The molecule has 2 N–H and O–H groups in total. The zero-order valence-electron chi connectivity index (χ0n) is 20.0. The van der Waals surface area contributed by atoms with Gasteiger partial charge in [0.25, 0.3) is 11.5 Å². The zero-order valence-corrected chi connectivity index (χ0v) is 20.0. The summed E-state index contributed by atoms with van der Waals surface area (Å²) >= 11 is 0. The lowest BCUT2D eigenvalue weighted by molar-refractivity contribution is -0.130. The van der Waals surface area contributed by atoms with Crippen LogP contribution < -0.4 is 16.6 Å². The summed E-state index contributed by atoms with van der Waals surface area (Å²) in [5, 5.41) is 2.91. The van der Waals surface area contributed by atoms with Crippen molar-refractivity contribution in [1.29, 1.82) is 0 Å². The third-order valence-electron chi connectivity index (χ3n) is 6.66. The van der Waals surface area contributed by atoms with E-state index in [2.05, 4.69) is 15.3 Å². The van der Waals surface area contributed by atoms with Crippen molar-refractivity contribution in [3.63, 3.8) is 0 Å². The average molecular weight is 487 g/mol. The summed E-state index contributed by atoms with van der Waals surface area (Å²) in [6.07, 6.45) is 1.59. The Morgan fingerprint density at radius 1 is 0.917 bits per heavy atom. The van der Waals surface area contributed by atoms with Crippen molar-refractivity contribution in [2.45, 2.75) is 38.4 Å². The first-order valence-electron chi connectivity index (χ1n) is 11.8. The van der Waals surface area contributed by atoms with Crippen molar-refractivity contribution < 1.29 is 9.59 Å². The van der Waals surface area contributed by atoms with Gasteiger partial charge < -0.3 is 9.88 Å². The number of carbonyl (C=O) groups is 2. The van der Waals surface area contributed by atoms with E-state index in [0.717, 1.165) is 17.7 Å². The van der Waals surface area contributed by atoms with Crippen LogP contribution in [0.3, 0.4) is 0 Å². The Morgan fingerprint density at radius 2 is 1.53 bits per heavy atom. The summed E-state index contributed by atoms with van der Waals surface area (Å²) in [6.45, 7) is 2.23. The maximum atomic E-state index is 14.0. The third kappa shape index (κ3) is 3.53. The lowest BCUT2D eigenvalue weighted by atomic mass is 9.82. The fourth-order valence-electron chi connectivity index (χ4n) is 4.75. The molecule has 1 saturated heterocycles. The molecule has 2 aromatic heterocycles. The Hall–Kier alpha value is -4.47. The van der Waals surface area contributed by atoms with Crippen LogP contribution in [0.2, 0.25) is 0 Å². The van der Waals surface area contributed by atoms with E-state index in [4.69, 9.17) is 0 Å². The topological polar surface area (TPSA) is 122 Å². The second-order valence-electron chi connectivity index (χ2n) is 8.83. The van der Waals surface area contributed by atoms with Gasteiger partial charge in [0, 0.05) is 13.6 Å². The minimum atomic E-state index is -1.40. The minimum absolute atomic E-state index is 0.168. The largest absolute Gasteiger partial charge is 0.330 e. The molecule has 2 aromatic carbocycles. The average Bonchev–Trinajstić information content (AvgIpc) is 3.34. The van der Waals surface area contributed by atoms with Gasteiger partial charge in [0.2, 0.25) is 0 Å². The van der Waals surface area contributed by atoms with Crippen LogP contribution in [0.5, 0.6) is 0 Å². The van der Waals surface area contributed by atoms with E-state index in [1.807, 2.05) is 43.3 Å². The summed E-state index contributed by atoms with van der Waals surface area (Å²) in [7, 11) is 1.63. The summed E-state index contributed by atoms with van der Waals surface area (Å²) in [6, 6.07) is 17.6. The highest BCUT2D eigenvalue weighted by atomic mass is 16.2. The van der Waals surface area contributed by atoms with Crippen molar-refractivity contribution in [1.82, 2.24) is 29.3 Å². The van der Waals surface area contributed by atoms with Crippen LogP contribution in [0.4, 0.5) is 4.79 Å². The predicted molar refractivity (Wildman–Crippen MR) is 133 cm³/mol. The number of hydrogen-bond donors (Lipinski definition) is 2. The molecular weight excluding hydrogens is 460 g/mol. The minimum Gasteiger partial charge on any atom is -0.324 e. The molecule has 3 heterocycles. The van der Waals surface area contributed by atoms with Crippen LogP contribution in [-0.2, 0) is 30.5 Å². The number of unbranched alkanes of at least 4 members (excludes halogenated alkanes) is 1. The van der Waals surface area contributed by atoms with Gasteiger partial charge in [0.1, 0.15) is 5.82 Å². The van der Waals surface area contributed by atoms with E-state index < -0.39 is 28.7 Å². The number of imidazole rings is 1. The lowest BCUT2D eigenvalue weighted by Crippen LogP contribution is -2.45. The molecule has 5 rings (SSSR count). The molecule has 0 saturated carbocycles. The smallest absolute Gasteiger partial charge is 0.324 e. The Morgan fingerprint density at radius 3 is 2.11 bits per heavy atom. The van der Waals surface area contributed by atoms with E-state index in [1.165, 1.54) is 9.13 Å². The van der Waals surface area contributed by atoms with Gasteiger partial charge in [-0.05, 0) is 17.5 Å². The van der Waals surface area contributed by atoms with Crippen LogP contribution in [0, 0.1) is 0 Å². The number of nitrogens with one attached hydrogen (secondary N) is 2. The maximum Gasteiger partial charge on any atom is 0.330 e. The van der Waals surface area contributed by atoms with Gasteiger partial charge in [-0.15, -0.1) is 0 Å². The number of fused-ring (bicyclic) bond motifs is 1. The zero-order chi connectivity index (χ0) is 25.4. The van der Waals surface area contributed by atoms with Gasteiger partial charge in [-0.1, -0.05) is 74.0 Å². The molecule has 3 amide bonds.